The van der Waals surface area contributed by atoms with E-state index in [2.05, 4.69) is 25.5 Å². The Morgan fingerprint density at radius 1 is 1.26 bits per heavy atom. The lowest BCUT2D eigenvalue weighted by atomic mass is 10.2. The molecule has 0 bridgehead atoms. The number of anilines is 1. The first-order chi connectivity index (χ1) is 9.33. The standard InChI is InChI=1S/C12H9N5OS/c18-11(15-12-14-5-6-19-12)10-7-9(16-17-10)8-1-3-13-4-2-8/h1-7H,(H,16,17)(H,14,15,18). The lowest BCUT2D eigenvalue weighted by Crippen LogP contribution is -2.11. The fourth-order valence-corrected chi connectivity index (χ4v) is 2.08. The summed E-state index contributed by atoms with van der Waals surface area (Å²) in [6, 6.07) is 5.36. The van der Waals surface area contributed by atoms with Gasteiger partial charge in [-0.3, -0.25) is 20.2 Å². The normalized spacial score (nSPS) is 10.3. The molecule has 1 amide bonds. The molecule has 2 N–H and O–H groups in total. The Morgan fingerprint density at radius 3 is 2.84 bits per heavy atom. The summed E-state index contributed by atoms with van der Waals surface area (Å²) in [4.78, 5) is 19.9. The first-order valence-corrected chi connectivity index (χ1v) is 6.37. The number of aromatic nitrogens is 4. The minimum Gasteiger partial charge on any atom is -0.297 e. The molecule has 0 aliphatic heterocycles. The third kappa shape index (κ3) is 2.50. The predicted octanol–water partition coefficient (Wildman–Crippen LogP) is 2.18. The van der Waals surface area contributed by atoms with Crippen LogP contribution >= 0.6 is 11.3 Å². The molecule has 0 fully saturated rings. The molecule has 94 valence electrons. The molecule has 0 radical (unpaired) electrons. The Hall–Kier alpha value is -2.54. The summed E-state index contributed by atoms with van der Waals surface area (Å²) in [5.41, 5.74) is 1.99. The van der Waals surface area contributed by atoms with E-state index in [0.717, 1.165) is 5.56 Å². The van der Waals surface area contributed by atoms with Crippen LogP contribution in [0.15, 0.2) is 42.2 Å². The van der Waals surface area contributed by atoms with Crippen molar-refractivity contribution in [2.75, 3.05) is 5.32 Å². The molecular weight excluding hydrogens is 262 g/mol. The summed E-state index contributed by atoms with van der Waals surface area (Å²) in [6.07, 6.45) is 4.99. The van der Waals surface area contributed by atoms with E-state index in [1.54, 1.807) is 30.0 Å². The van der Waals surface area contributed by atoms with Crippen LogP contribution in [0.1, 0.15) is 10.5 Å². The van der Waals surface area contributed by atoms with Crippen LogP contribution in [0, 0.1) is 0 Å². The SMILES string of the molecule is O=C(Nc1nccs1)c1cc(-c2ccncc2)n[nH]1. The summed E-state index contributed by atoms with van der Waals surface area (Å²) in [6.45, 7) is 0. The van der Waals surface area contributed by atoms with Gasteiger partial charge in [0.05, 0.1) is 5.69 Å². The first kappa shape index (κ1) is 11.5. The molecule has 3 aromatic heterocycles. The Labute approximate surface area is 112 Å². The molecule has 0 aliphatic rings. The highest BCUT2D eigenvalue weighted by Gasteiger charge is 2.11. The number of pyridine rings is 1. The van der Waals surface area contributed by atoms with Gasteiger partial charge in [0.25, 0.3) is 5.91 Å². The van der Waals surface area contributed by atoms with Crippen LogP contribution in [0.2, 0.25) is 0 Å². The Bertz CT molecular complexity index is 677. The van der Waals surface area contributed by atoms with E-state index < -0.39 is 0 Å². The molecule has 6 nitrogen and oxygen atoms in total. The van der Waals surface area contributed by atoms with Crippen molar-refractivity contribution in [2.45, 2.75) is 0 Å². The first-order valence-electron chi connectivity index (χ1n) is 5.49. The predicted molar refractivity (Wildman–Crippen MR) is 71.9 cm³/mol. The Morgan fingerprint density at radius 2 is 2.11 bits per heavy atom. The van der Waals surface area contributed by atoms with E-state index in [9.17, 15) is 4.79 Å². The van der Waals surface area contributed by atoms with Crippen molar-refractivity contribution >= 4 is 22.4 Å². The van der Waals surface area contributed by atoms with Gasteiger partial charge in [-0.2, -0.15) is 5.10 Å². The van der Waals surface area contributed by atoms with Crippen molar-refractivity contribution in [2.24, 2.45) is 0 Å². The third-order valence-electron chi connectivity index (χ3n) is 2.45. The molecule has 0 aromatic carbocycles. The number of thiazole rings is 1. The molecule has 3 heterocycles. The molecule has 0 unspecified atom stereocenters. The number of aromatic amines is 1. The van der Waals surface area contributed by atoms with Crippen LogP contribution in [-0.4, -0.2) is 26.1 Å². The summed E-state index contributed by atoms with van der Waals surface area (Å²) >= 11 is 1.36. The number of H-pyrrole nitrogens is 1. The fourth-order valence-electron chi connectivity index (χ4n) is 1.56. The van der Waals surface area contributed by atoms with Crippen molar-refractivity contribution in [3.05, 3.63) is 47.9 Å². The summed E-state index contributed by atoms with van der Waals surface area (Å²) in [7, 11) is 0. The number of hydrogen-bond donors (Lipinski definition) is 2. The molecule has 0 saturated carbocycles. The van der Waals surface area contributed by atoms with Crippen LogP contribution in [-0.2, 0) is 0 Å². The zero-order valence-corrected chi connectivity index (χ0v) is 10.5. The number of nitrogens with zero attached hydrogens (tertiary/aromatic N) is 3. The third-order valence-corrected chi connectivity index (χ3v) is 3.14. The van der Waals surface area contributed by atoms with E-state index >= 15 is 0 Å². The van der Waals surface area contributed by atoms with Crippen molar-refractivity contribution in [3.8, 4) is 11.3 Å². The number of rotatable bonds is 3. The van der Waals surface area contributed by atoms with E-state index in [-0.39, 0.29) is 5.91 Å². The number of carbonyl (C=O) groups is 1. The minimum atomic E-state index is -0.261. The maximum Gasteiger partial charge on any atom is 0.275 e. The van der Waals surface area contributed by atoms with Gasteiger partial charge in [0.15, 0.2) is 5.13 Å². The van der Waals surface area contributed by atoms with Crippen LogP contribution < -0.4 is 5.32 Å². The number of carbonyl (C=O) groups excluding carboxylic acids is 1. The molecular formula is C12H9N5OS. The lowest BCUT2D eigenvalue weighted by Gasteiger charge is -1.96. The summed E-state index contributed by atoms with van der Waals surface area (Å²) in [5, 5.41) is 11.9. The van der Waals surface area contributed by atoms with Gasteiger partial charge in [0.1, 0.15) is 5.69 Å². The van der Waals surface area contributed by atoms with Crippen LogP contribution in [0.5, 0.6) is 0 Å². The zero-order chi connectivity index (χ0) is 13.1. The van der Waals surface area contributed by atoms with Crippen molar-refractivity contribution in [1.82, 2.24) is 20.2 Å². The highest BCUT2D eigenvalue weighted by Crippen LogP contribution is 2.17. The van der Waals surface area contributed by atoms with E-state index in [1.165, 1.54) is 11.3 Å². The van der Waals surface area contributed by atoms with Gasteiger partial charge in [-0.15, -0.1) is 11.3 Å². The fraction of sp³-hybridized carbons (Fsp3) is 0. The van der Waals surface area contributed by atoms with Crippen molar-refractivity contribution in [1.29, 1.82) is 0 Å². The molecule has 19 heavy (non-hydrogen) atoms. The van der Waals surface area contributed by atoms with Gasteiger partial charge in [-0.1, -0.05) is 0 Å². The zero-order valence-electron chi connectivity index (χ0n) is 9.70. The highest BCUT2D eigenvalue weighted by molar-refractivity contribution is 7.13. The van der Waals surface area contributed by atoms with E-state index in [0.29, 0.717) is 16.5 Å². The topological polar surface area (TPSA) is 83.6 Å². The van der Waals surface area contributed by atoms with Gasteiger partial charge in [-0.25, -0.2) is 4.98 Å². The van der Waals surface area contributed by atoms with Gasteiger partial charge in [0, 0.05) is 29.5 Å². The van der Waals surface area contributed by atoms with Gasteiger partial charge in [-0.05, 0) is 18.2 Å². The lowest BCUT2D eigenvalue weighted by molar-refractivity contribution is 0.102. The van der Waals surface area contributed by atoms with E-state index in [4.69, 9.17) is 0 Å². The van der Waals surface area contributed by atoms with E-state index in [1.807, 2.05) is 12.1 Å². The number of amides is 1. The minimum absolute atomic E-state index is 0.261. The van der Waals surface area contributed by atoms with Crippen molar-refractivity contribution in [3.63, 3.8) is 0 Å². The van der Waals surface area contributed by atoms with Crippen LogP contribution in [0.3, 0.4) is 0 Å². The monoisotopic (exact) mass is 271 g/mol. The second-order valence-corrected chi connectivity index (χ2v) is 4.59. The Balaban J connectivity index is 1.80. The number of hydrogen-bond acceptors (Lipinski definition) is 5. The average Bonchev–Trinajstić information content (AvgIpc) is 3.10. The second-order valence-electron chi connectivity index (χ2n) is 3.69. The maximum absolute atomic E-state index is 11.9. The molecule has 0 saturated heterocycles. The molecule has 7 heteroatoms. The molecule has 0 aliphatic carbocycles. The molecule has 3 rings (SSSR count). The molecule has 0 atom stereocenters. The van der Waals surface area contributed by atoms with Crippen molar-refractivity contribution < 1.29 is 4.79 Å². The van der Waals surface area contributed by atoms with Crippen LogP contribution in [0.4, 0.5) is 5.13 Å². The van der Waals surface area contributed by atoms with Crippen LogP contribution in [0.25, 0.3) is 11.3 Å². The summed E-state index contributed by atoms with van der Waals surface area (Å²) < 4.78 is 0. The second kappa shape index (κ2) is 4.99. The highest BCUT2D eigenvalue weighted by atomic mass is 32.1. The molecule has 0 spiro atoms. The molecule has 3 aromatic rings. The Kier molecular flexibility index (Phi) is 3.03. The summed E-state index contributed by atoms with van der Waals surface area (Å²) in [5.74, 6) is -0.261. The maximum atomic E-state index is 11.9. The largest absolute Gasteiger partial charge is 0.297 e. The van der Waals surface area contributed by atoms with Gasteiger partial charge < -0.3 is 0 Å². The average molecular weight is 271 g/mol. The smallest absolute Gasteiger partial charge is 0.275 e. The van der Waals surface area contributed by atoms with Gasteiger partial charge >= 0.3 is 0 Å². The quantitative estimate of drug-likeness (QED) is 0.764. The number of nitrogens with one attached hydrogen (secondary N) is 2. The van der Waals surface area contributed by atoms with Gasteiger partial charge in [0.2, 0.25) is 0 Å².